The first-order valence-corrected chi connectivity index (χ1v) is 7.75. The molecule has 0 amide bonds. The lowest BCUT2D eigenvalue weighted by Gasteiger charge is -2.28. The van der Waals surface area contributed by atoms with Gasteiger partial charge in [0.2, 0.25) is 0 Å². The molecule has 0 aromatic heterocycles. The lowest BCUT2D eigenvalue weighted by Crippen LogP contribution is -2.24. The van der Waals surface area contributed by atoms with E-state index in [-0.39, 0.29) is 0 Å². The molecular weight excluding hydrogens is 260 g/mol. The first-order valence-electron chi connectivity index (χ1n) is 7.21. The predicted octanol–water partition coefficient (Wildman–Crippen LogP) is 4.78. The molecule has 0 aliphatic heterocycles. The fourth-order valence-electron chi connectivity index (χ4n) is 2.72. The van der Waals surface area contributed by atoms with Crippen molar-refractivity contribution in [1.29, 1.82) is 0 Å². The fraction of sp³-hybridized carbons (Fsp3) is 0.625. The van der Waals surface area contributed by atoms with Gasteiger partial charge in [-0.3, -0.25) is 0 Å². The van der Waals surface area contributed by atoms with Gasteiger partial charge in [0.1, 0.15) is 0 Å². The molecular formula is C16H23ClO2. The molecule has 1 aromatic carbocycles. The van der Waals surface area contributed by atoms with Crippen LogP contribution < -0.4 is 9.47 Å². The topological polar surface area (TPSA) is 18.5 Å². The van der Waals surface area contributed by atoms with Gasteiger partial charge in [-0.25, -0.2) is 0 Å². The van der Waals surface area contributed by atoms with E-state index in [9.17, 15) is 0 Å². The first kappa shape index (κ1) is 14.5. The van der Waals surface area contributed by atoms with Crippen LogP contribution in [0.2, 0.25) is 0 Å². The third-order valence-electron chi connectivity index (χ3n) is 3.68. The van der Waals surface area contributed by atoms with E-state index in [1.807, 2.05) is 25.1 Å². The van der Waals surface area contributed by atoms with Crippen LogP contribution in [0.5, 0.6) is 11.5 Å². The van der Waals surface area contributed by atoms with Crippen molar-refractivity contribution in [3.05, 3.63) is 23.8 Å². The molecule has 2 rings (SSSR count). The molecule has 2 atom stereocenters. The van der Waals surface area contributed by atoms with Crippen LogP contribution in [0.25, 0.3) is 0 Å². The number of para-hydroxylation sites is 1. The van der Waals surface area contributed by atoms with Gasteiger partial charge in [0.25, 0.3) is 0 Å². The van der Waals surface area contributed by atoms with E-state index in [4.69, 9.17) is 21.1 Å². The van der Waals surface area contributed by atoms with Crippen LogP contribution >= 0.6 is 11.6 Å². The summed E-state index contributed by atoms with van der Waals surface area (Å²) in [5.41, 5.74) is 1.02. The summed E-state index contributed by atoms with van der Waals surface area (Å²) < 4.78 is 11.9. The number of hydrogen-bond donors (Lipinski definition) is 0. The van der Waals surface area contributed by atoms with Crippen molar-refractivity contribution in [1.82, 2.24) is 0 Å². The van der Waals surface area contributed by atoms with Crippen LogP contribution in [0.3, 0.4) is 0 Å². The van der Waals surface area contributed by atoms with E-state index in [2.05, 4.69) is 6.92 Å². The van der Waals surface area contributed by atoms with Gasteiger partial charge in [-0.2, -0.15) is 0 Å². The summed E-state index contributed by atoms with van der Waals surface area (Å²) in [5, 5.41) is 0. The molecule has 3 heteroatoms. The number of halogens is 1. The quantitative estimate of drug-likeness (QED) is 0.724. The molecule has 2 nitrogen and oxygen atoms in total. The zero-order valence-electron chi connectivity index (χ0n) is 11.8. The van der Waals surface area contributed by atoms with E-state index in [1.54, 1.807) is 0 Å². The van der Waals surface area contributed by atoms with E-state index >= 15 is 0 Å². The SMILES string of the molecule is CCOc1cccc(CCl)c1OC1CCCC(C)C1. The van der Waals surface area contributed by atoms with Crippen LogP contribution in [-0.2, 0) is 5.88 Å². The standard InChI is InChI=1S/C16H23ClO2/c1-3-18-15-9-5-7-13(11-17)16(15)19-14-8-4-6-12(2)10-14/h5,7,9,12,14H,3-4,6,8,10-11H2,1-2H3. The molecule has 0 N–H and O–H groups in total. The minimum atomic E-state index is 0.298. The molecule has 19 heavy (non-hydrogen) atoms. The molecule has 106 valence electrons. The predicted molar refractivity (Wildman–Crippen MR) is 79.2 cm³/mol. The van der Waals surface area contributed by atoms with Crippen LogP contribution in [0.1, 0.15) is 45.1 Å². The van der Waals surface area contributed by atoms with Gasteiger partial charge in [0.05, 0.1) is 18.6 Å². The Kier molecular flexibility index (Phi) is 5.38. The fourth-order valence-corrected chi connectivity index (χ4v) is 2.93. The molecule has 0 bridgehead atoms. The minimum absolute atomic E-state index is 0.298. The van der Waals surface area contributed by atoms with Crippen molar-refractivity contribution >= 4 is 11.6 Å². The van der Waals surface area contributed by atoms with E-state index < -0.39 is 0 Å². The van der Waals surface area contributed by atoms with Crippen LogP contribution in [-0.4, -0.2) is 12.7 Å². The normalized spacial score (nSPS) is 23.1. The van der Waals surface area contributed by atoms with Gasteiger partial charge in [0, 0.05) is 5.56 Å². The minimum Gasteiger partial charge on any atom is -0.490 e. The Morgan fingerprint density at radius 2 is 2.16 bits per heavy atom. The lowest BCUT2D eigenvalue weighted by molar-refractivity contribution is 0.123. The van der Waals surface area contributed by atoms with Crippen molar-refractivity contribution in [2.45, 2.75) is 51.5 Å². The highest BCUT2D eigenvalue weighted by Gasteiger charge is 2.22. The zero-order chi connectivity index (χ0) is 13.7. The summed E-state index contributed by atoms with van der Waals surface area (Å²) >= 11 is 6.02. The molecule has 1 aliphatic rings. The number of benzene rings is 1. The Morgan fingerprint density at radius 3 is 2.84 bits per heavy atom. The van der Waals surface area contributed by atoms with Crippen molar-refractivity contribution in [3.8, 4) is 11.5 Å². The molecule has 2 unspecified atom stereocenters. The Labute approximate surface area is 121 Å². The number of hydrogen-bond acceptors (Lipinski definition) is 2. The van der Waals surface area contributed by atoms with Crippen molar-refractivity contribution in [3.63, 3.8) is 0 Å². The lowest BCUT2D eigenvalue weighted by atomic mass is 9.88. The van der Waals surface area contributed by atoms with E-state index in [0.29, 0.717) is 18.6 Å². The summed E-state index contributed by atoms with van der Waals surface area (Å²) in [6, 6.07) is 5.94. The molecule has 1 aromatic rings. The van der Waals surface area contributed by atoms with Crippen molar-refractivity contribution < 1.29 is 9.47 Å². The first-order chi connectivity index (χ1) is 9.24. The summed E-state index contributed by atoms with van der Waals surface area (Å²) in [7, 11) is 0. The molecule has 0 radical (unpaired) electrons. The van der Waals surface area contributed by atoms with Gasteiger partial charge in [-0.05, 0) is 38.2 Å². The summed E-state index contributed by atoms with van der Waals surface area (Å²) in [6.45, 7) is 4.93. The third kappa shape index (κ3) is 3.79. The molecule has 0 saturated heterocycles. The van der Waals surface area contributed by atoms with Crippen molar-refractivity contribution in [2.24, 2.45) is 5.92 Å². The highest BCUT2D eigenvalue weighted by atomic mass is 35.5. The maximum absolute atomic E-state index is 6.22. The van der Waals surface area contributed by atoms with Gasteiger partial charge >= 0.3 is 0 Å². The second-order valence-electron chi connectivity index (χ2n) is 5.32. The summed E-state index contributed by atoms with van der Waals surface area (Å²) in [6.07, 6.45) is 5.12. The molecule has 1 saturated carbocycles. The van der Waals surface area contributed by atoms with Crippen molar-refractivity contribution in [2.75, 3.05) is 6.61 Å². The Balaban J connectivity index is 2.16. The van der Waals surface area contributed by atoms with E-state index in [0.717, 1.165) is 35.8 Å². The molecule has 0 spiro atoms. The average Bonchev–Trinajstić information content (AvgIpc) is 2.41. The van der Waals surface area contributed by atoms with Gasteiger partial charge in [-0.15, -0.1) is 11.6 Å². The smallest absolute Gasteiger partial charge is 0.165 e. The second-order valence-corrected chi connectivity index (χ2v) is 5.59. The Bertz CT molecular complexity index is 406. The maximum Gasteiger partial charge on any atom is 0.165 e. The Morgan fingerprint density at radius 1 is 1.32 bits per heavy atom. The number of alkyl halides is 1. The molecule has 0 heterocycles. The molecule has 1 fully saturated rings. The summed E-state index contributed by atoms with van der Waals surface area (Å²) in [5.74, 6) is 2.87. The average molecular weight is 283 g/mol. The summed E-state index contributed by atoms with van der Waals surface area (Å²) in [4.78, 5) is 0. The number of ether oxygens (including phenoxy) is 2. The van der Waals surface area contributed by atoms with Gasteiger partial charge in [-0.1, -0.05) is 25.5 Å². The monoisotopic (exact) mass is 282 g/mol. The highest BCUT2D eigenvalue weighted by Crippen LogP contribution is 2.36. The maximum atomic E-state index is 6.22. The van der Waals surface area contributed by atoms with Gasteiger partial charge < -0.3 is 9.47 Å². The van der Waals surface area contributed by atoms with Gasteiger partial charge in [0.15, 0.2) is 11.5 Å². The zero-order valence-corrected chi connectivity index (χ0v) is 12.6. The highest BCUT2D eigenvalue weighted by molar-refractivity contribution is 6.17. The Hall–Kier alpha value is -0.890. The number of rotatable bonds is 5. The molecule has 1 aliphatic carbocycles. The van der Waals surface area contributed by atoms with Crippen LogP contribution in [0.15, 0.2) is 18.2 Å². The van der Waals surface area contributed by atoms with Crippen LogP contribution in [0, 0.1) is 5.92 Å². The third-order valence-corrected chi connectivity index (χ3v) is 3.96. The van der Waals surface area contributed by atoms with E-state index in [1.165, 1.54) is 12.8 Å². The van der Waals surface area contributed by atoms with Crippen LogP contribution in [0.4, 0.5) is 0 Å². The largest absolute Gasteiger partial charge is 0.490 e. The second kappa shape index (κ2) is 7.04.